The molecule has 0 aliphatic carbocycles. The molecular weight excluding hydrogens is 388 g/mol. The normalized spacial score (nSPS) is 12.4. The second-order valence-electron chi connectivity index (χ2n) is 5.38. The van der Waals surface area contributed by atoms with E-state index in [9.17, 15) is 9.59 Å². The molecule has 0 saturated carbocycles. The lowest BCUT2D eigenvalue weighted by Gasteiger charge is -2.18. The maximum atomic E-state index is 12.5. The molecule has 3 rings (SSSR count). The Balaban J connectivity index is 1.72. The lowest BCUT2D eigenvalue weighted by atomic mass is 10.1. The number of primary amides is 1. The fraction of sp³-hybridized carbons (Fsp3) is 0.111. The van der Waals surface area contributed by atoms with E-state index in [1.54, 1.807) is 30.3 Å². The Morgan fingerprint density at radius 2 is 2.08 bits per heavy atom. The number of hydrogen-bond acceptors (Lipinski definition) is 4. The Kier molecular flexibility index (Phi) is 5.04. The van der Waals surface area contributed by atoms with Gasteiger partial charge in [-0.25, -0.2) is 0 Å². The number of fused-ring (bicyclic) bond motifs is 1. The molecule has 3 N–H and O–H groups in total. The van der Waals surface area contributed by atoms with Gasteiger partial charge < -0.3 is 20.5 Å². The van der Waals surface area contributed by atoms with Gasteiger partial charge in [-0.05, 0) is 36.4 Å². The van der Waals surface area contributed by atoms with E-state index < -0.39 is 5.91 Å². The number of nitrogens with one attached hydrogen (secondary N) is 1. The van der Waals surface area contributed by atoms with Gasteiger partial charge in [0.1, 0.15) is 18.1 Å². The third-order valence-electron chi connectivity index (χ3n) is 3.45. The first-order valence-electron chi connectivity index (χ1n) is 7.47. The van der Waals surface area contributed by atoms with Crippen molar-refractivity contribution in [1.82, 2.24) is 0 Å². The van der Waals surface area contributed by atoms with E-state index >= 15 is 0 Å². The molecule has 6 nitrogen and oxygen atoms in total. The van der Waals surface area contributed by atoms with Crippen LogP contribution < -0.4 is 20.5 Å². The molecule has 0 aromatic heterocycles. The number of hydrogen-bond donors (Lipinski definition) is 2. The van der Waals surface area contributed by atoms with E-state index in [-0.39, 0.29) is 19.1 Å². The number of halogens is 1. The molecular formula is C18H15BrN2O4. The Labute approximate surface area is 152 Å². The molecule has 0 unspecified atom stereocenters. The summed E-state index contributed by atoms with van der Waals surface area (Å²) < 4.78 is 11.7. The Morgan fingerprint density at radius 1 is 1.24 bits per heavy atom. The maximum Gasteiger partial charge on any atom is 0.255 e. The zero-order valence-electron chi connectivity index (χ0n) is 13.1. The SMILES string of the molecule is NC(=O)COc1cccc(NC(=O)C2=Cc3cc(Br)ccc3OC2)c1. The first-order chi connectivity index (χ1) is 12.0. The fourth-order valence-electron chi connectivity index (χ4n) is 2.31. The fourth-order valence-corrected chi connectivity index (χ4v) is 2.69. The Hall–Kier alpha value is -2.80. The molecule has 2 aromatic rings. The monoisotopic (exact) mass is 402 g/mol. The van der Waals surface area contributed by atoms with Crippen LogP contribution in [0.4, 0.5) is 5.69 Å². The van der Waals surface area contributed by atoms with Crippen LogP contribution in [-0.2, 0) is 9.59 Å². The predicted molar refractivity (Wildman–Crippen MR) is 97.4 cm³/mol. The number of nitrogens with two attached hydrogens (primary N) is 1. The van der Waals surface area contributed by atoms with E-state index in [1.165, 1.54) is 0 Å². The molecule has 1 heterocycles. The van der Waals surface area contributed by atoms with Crippen LogP contribution in [0.2, 0.25) is 0 Å². The van der Waals surface area contributed by atoms with Gasteiger partial charge >= 0.3 is 0 Å². The van der Waals surface area contributed by atoms with Crippen molar-refractivity contribution < 1.29 is 19.1 Å². The number of benzene rings is 2. The number of amides is 2. The van der Waals surface area contributed by atoms with Gasteiger partial charge in [0, 0.05) is 21.8 Å². The summed E-state index contributed by atoms with van der Waals surface area (Å²) in [5, 5.41) is 2.79. The highest BCUT2D eigenvalue weighted by Gasteiger charge is 2.17. The van der Waals surface area contributed by atoms with Gasteiger partial charge in [0.05, 0.1) is 5.57 Å². The summed E-state index contributed by atoms with van der Waals surface area (Å²) in [5.74, 6) is 0.350. The zero-order chi connectivity index (χ0) is 17.8. The summed E-state index contributed by atoms with van der Waals surface area (Å²) in [6, 6.07) is 12.4. The lowest BCUT2D eigenvalue weighted by Crippen LogP contribution is -2.21. The molecule has 1 aliphatic rings. The minimum absolute atomic E-state index is 0.193. The number of ether oxygens (including phenoxy) is 2. The van der Waals surface area contributed by atoms with Crippen LogP contribution in [0.1, 0.15) is 5.56 Å². The van der Waals surface area contributed by atoms with E-state index in [0.29, 0.717) is 17.0 Å². The van der Waals surface area contributed by atoms with Crippen molar-refractivity contribution in [2.45, 2.75) is 0 Å². The van der Waals surface area contributed by atoms with Crippen molar-refractivity contribution in [2.24, 2.45) is 5.73 Å². The molecule has 1 aliphatic heterocycles. The standard InChI is InChI=1S/C18H15BrN2O4/c19-13-4-5-16-11(7-13)6-12(9-25-16)18(23)21-14-2-1-3-15(8-14)24-10-17(20)22/h1-8H,9-10H2,(H2,20,22)(H,21,23). The minimum atomic E-state index is -0.566. The second-order valence-corrected chi connectivity index (χ2v) is 6.29. The first kappa shape index (κ1) is 17.0. The van der Waals surface area contributed by atoms with Gasteiger partial charge in [-0.1, -0.05) is 22.0 Å². The van der Waals surface area contributed by atoms with Crippen LogP contribution in [-0.4, -0.2) is 25.0 Å². The largest absolute Gasteiger partial charge is 0.488 e. The summed E-state index contributed by atoms with van der Waals surface area (Å²) in [5.41, 5.74) is 6.94. The Bertz CT molecular complexity index is 864. The maximum absolute atomic E-state index is 12.5. The summed E-state index contributed by atoms with van der Waals surface area (Å²) in [6.45, 7) is -0.0274. The van der Waals surface area contributed by atoms with Crippen LogP contribution >= 0.6 is 15.9 Å². The predicted octanol–water partition coefficient (Wildman–Crippen LogP) is 2.73. The highest BCUT2D eigenvalue weighted by molar-refractivity contribution is 9.10. The third-order valence-corrected chi connectivity index (χ3v) is 3.94. The molecule has 25 heavy (non-hydrogen) atoms. The molecule has 0 spiro atoms. The number of rotatable bonds is 5. The van der Waals surface area contributed by atoms with E-state index in [0.717, 1.165) is 15.8 Å². The van der Waals surface area contributed by atoms with E-state index in [4.69, 9.17) is 15.2 Å². The average molecular weight is 403 g/mol. The molecule has 2 aromatic carbocycles. The quantitative estimate of drug-likeness (QED) is 0.804. The molecule has 128 valence electrons. The van der Waals surface area contributed by atoms with Crippen molar-refractivity contribution in [2.75, 3.05) is 18.5 Å². The lowest BCUT2D eigenvalue weighted by molar-refractivity contribution is -0.120. The van der Waals surface area contributed by atoms with E-state index in [2.05, 4.69) is 21.2 Å². The molecule has 7 heteroatoms. The summed E-state index contributed by atoms with van der Waals surface area (Å²) in [7, 11) is 0. The smallest absolute Gasteiger partial charge is 0.255 e. The molecule has 0 fully saturated rings. The first-order valence-corrected chi connectivity index (χ1v) is 8.26. The number of anilines is 1. The van der Waals surface area contributed by atoms with Gasteiger partial charge in [0.2, 0.25) is 0 Å². The van der Waals surface area contributed by atoms with Crippen LogP contribution in [0.15, 0.2) is 52.5 Å². The topological polar surface area (TPSA) is 90.7 Å². The van der Waals surface area contributed by atoms with Crippen molar-refractivity contribution in [3.63, 3.8) is 0 Å². The van der Waals surface area contributed by atoms with Crippen LogP contribution in [0.3, 0.4) is 0 Å². The van der Waals surface area contributed by atoms with Crippen molar-refractivity contribution in [3.05, 3.63) is 58.1 Å². The van der Waals surface area contributed by atoms with Crippen molar-refractivity contribution in [1.29, 1.82) is 0 Å². The van der Waals surface area contributed by atoms with Crippen molar-refractivity contribution >= 4 is 39.5 Å². The van der Waals surface area contributed by atoms with Gasteiger partial charge in [-0.3, -0.25) is 9.59 Å². The van der Waals surface area contributed by atoms with Crippen LogP contribution in [0, 0.1) is 0 Å². The molecule has 2 amide bonds. The minimum Gasteiger partial charge on any atom is -0.488 e. The Morgan fingerprint density at radius 3 is 2.88 bits per heavy atom. The summed E-state index contributed by atoms with van der Waals surface area (Å²) >= 11 is 3.40. The van der Waals surface area contributed by atoms with Crippen LogP contribution in [0.25, 0.3) is 6.08 Å². The number of carbonyl (C=O) groups is 2. The highest BCUT2D eigenvalue weighted by atomic mass is 79.9. The molecule has 0 radical (unpaired) electrons. The zero-order valence-corrected chi connectivity index (χ0v) is 14.7. The molecule has 0 bridgehead atoms. The van der Waals surface area contributed by atoms with Gasteiger partial charge in [0.25, 0.3) is 11.8 Å². The average Bonchev–Trinajstić information content (AvgIpc) is 2.59. The van der Waals surface area contributed by atoms with Crippen LogP contribution in [0.5, 0.6) is 11.5 Å². The molecule has 0 saturated heterocycles. The van der Waals surface area contributed by atoms with Gasteiger partial charge in [-0.2, -0.15) is 0 Å². The van der Waals surface area contributed by atoms with E-state index in [1.807, 2.05) is 18.2 Å². The highest BCUT2D eigenvalue weighted by Crippen LogP contribution is 2.29. The van der Waals surface area contributed by atoms with Gasteiger partial charge in [-0.15, -0.1) is 0 Å². The second kappa shape index (κ2) is 7.40. The summed E-state index contributed by atoms with van der Waals surface area (Å²) in [6.07, 6.45) is 1.80. The van der Waals surface area contributed by atoms with Gasteiger partial charge in [0.15, 0.2) is 6.61 Å². The number of carbonyl (C=O) groups excluding carboxylic acids is 2. The third kappa shape index (κ3) is 4.39. The summed E-state index contributed by atoms with van der Waals surface area (Å²) in [4.78, 5) is 23.2. The molecule has 0 atom stereocenters. The van der Waals surface area contributed by atoms with Crippen molar-refractivity contribution in [3.8, 4) is 11.5 Å².